The van der Waals surface area contributed by atoms with Gasteiger partial charge in [0.25, 0.3) is 0 Å². The smallest absolute Gasteiger partial charge is 0.0592 e. The number of thioether (sulfide) groups is 1. The minimum atomic E-state index is 0.906. The predicted octanol–water partition coefficient (Wildman–Crippen LogP) is 0.506. The van der Waals surface area contributed by atoms with Crippen LogP contribution in [0.2, 0.25) is 0 Å². The molecule has 1 heterocycles. The van der Waals surface area contributed by atoms with Gasteiger partial charge in [0.1, 0.15) is 0 Å². The summed E-state index contributed by atoms with van der Waals surface area (Å²) < 4.78 is 0. The van der Waals surface area contributed by atoms with Crippen molar-refractivity contribution in [2.75, 3.05) is 24.6 Å². The molecular formula is C6H10N2S. The van der Waals surface area contributed by atoms with E-state index < -0.39 is 0 Å². The highest BCUT2D eigenvalue weighted by molar-refractivity contribution is 7.99. The van der Waals surface area contributed by atoms with Crippen molar-refractivity contribution in [2.24, 2.45) is 4.99 Å². The van der Waals surface area contributed by atoms with Crippen LogP contribution < -0.4 is 5.32 Å². The molecule has 1 aliphatic rings. The normalized spacial score (nSPS) is 19.6. The number of hydrogen-bond donors (Lipinski definition) is 1. The third-order valence-corrected chi connectivity index (χ3v) is 1.96. The number of nitrogens with one attached hydrogen (secondary N) is 1. The topological polar surface area (TPSA) is 24.4 Å². The molecule has 0 saturated carbocycles. The Hall–Kier alpha value is -0.400. The first-order chi connectivity index (χ1) is 4.50. The number of rotatable bonds is 0. The molecule has 0 saturated heterocycles. The molecule has 1 N–H and O–H groups in total. The first-order valence-corrected chi connectivity index (χ1v) is 4.20. The largest absolute Gasteiger partial charge is 0.383 e. The molecule has 0 fully saturated rings. The van der Waals surface area contributed by atoms with Crippen molar-refractivity contribution in [1.29, 1.82) is 0 Å². The van der Waals surface area contributed by atoms with Crippen LogP contribution in [0.25, 0.3) is 0 Å². The SMILES string of the molecule is C1=CNCCSCCN=1. The quantitative estimate of drug-likeness (QED) is 0.533. The van der Waals surface area contributed by atoms with Gasteiger partial charge in [-0.05, 0) is 5.87 Å². The zero-order chi connectivity index (χ0) is 6.36. The van der Waals surface area contributed by atoms with Crippen LogP contribution in [0, 0.1) is 0 Å². The van der Waals surface area contributed by atoms with Gasteiger partial charge in [0.05, 0.1) is 12.7 Å². The van der Waals surface area contributed by atoms with E-state index in [1.807, 2.05) is 11.8 Å². The Balaban J connectivity index is 2.29. The second kappa shape index (κ2) is 4.48. The average Bonchev–Trinajstić information content (AvgIpc) is 2.00. The van der Waals surface area contributed by atoms with Gasteiger partial charge in [-0.15, -0.1) is 0 Å². The van der Waals surface area contributed by atoms with Crippen LogP contribution in [-0.4, -0.2) is 30.5 Å². The minimum Gasteiger partial charge on any atom is -0.383 e. The Labute approximate surface area is 59.4 Å². The molecule has 0 atom stereocenters. The fraction of sp³-hybridized carbons (Fsp3) is 0.667. The van der Waals surface area contributed by atoms with Crippen molar-refractivity contribution in [3.05, 3.63) is 6.20 Å². The lowest BCUT2D eigenvalue weighted by Gasteiger charge is -1.95. The molecule has 0 bridgehead atoms. The summed E-state index contributed by atoms with van der Waals surface area (Å²) in [4.78, 5) is 4.00. The lowest BCUT2D eigenvalue weighted by Crippen LogP contribution is -2.08. The molecule has 0 aromatic rings. The summed E-state index contributed by atoms with van der Waals surface area (Å²) in [5.74, 6) is 5.10. The van der Waals surface area contributed by atoms with E-state index in [0.29, 0.717) is 0 Å². The van der Waals surface area contributed by atoms with Crippen molar-refractivity contribution in [3.8, 4) is 0 Å². The molecule has 0 spiro atoms. The second-order valence-corrected chi connectivity index (χ2v) is 2.95. The van der Waals surface area contributed by atoms with Gasteiger partial charge >= 0.3 is 0 Å². The molecule has 1 rings (SSSR count). The maximum absolute atomic E-state index is 4.00. The van der Waals surface area contributed by atoms with E-state index in [1.54, 1.807) is 6.20 Å². The predicted molar refractivity (Wildman–Crippen MR) is 42.2 cm³/mol. The zero-order valence-corrected chi connectivity index (χ0v) is 6.08. The molecule has 0 radical (unpaired) electrons. The highest BCUT2D eigenvalue weighted by atomic mass is 32.2. The molecule has 2 nitrogen and oxygen atoms in total. The molecule has 1 aliphatic heterocycles. The van der Waals surface area contributed by atoms with Crippen LogP contribution in [0.5, 0.6) is 0 Å². The van der Waals surface area contributed by atoms with Gasteiger partial charge in [0.15, 0.2) is 0 Å². The Kier molecular flexibility index (Phi) is 3.34. The van der Waals surface area contributed by atoms with Gasteiger partial charge in [-0.2, -0.15) is 11.8 Å². The van der Waals surface area contributed by atoms with Crippen molar-refractivity contribution in [1.82, 2.24) is 5.32 Å². The fourth-order valence-electron chi connectivity index (χ4n) is 0.571. The fourth-order valence-corrected chi connectivity index (χ4v) is 1.26. The maximum Gasteiger partial charge on any atom is 0.0592 e. The first kappa shape index (κ1) is 6.72. The van der Waals surface area contributed by atoms with Crippen LogP contribution in [0.1, 0.15) is 0 Å². The van der Waals surface area contributed by atoms with E-state index in [-0.39, 0.29) is 0 Å². The Bertz CT molecular complexity index is 115. The molecule has 3 heteroatoms. The number of hydrogen-bond acceptors (Lipinski definition) is 3. The van der Waals surface area contributed by atoms with Crippen LogP contribution in [0.3, 0.4) is 0 Å². The Morgan fingerprint density at radius 1 is 1.56 bits per heavy atom. The summed E-state index contributed by atoms with van der Waals surface area (Å²) in [6.45, 7) is 1.94. The Morgan fingerprint density at radius 3 is 3.56 bits per heavy atom. The van der Waals surface area contributed by atoms with Crippen LogP contribution in [0.4, 0.5) is 0 Å². The lowest BCUT2D eigenvalue weighted by atomic mass is 10.7. The van der Waals surface area contributed by atoms with Gasteiger partial charge in [0, 0.05) is 18.1 Å². The average molecular weight is 142 g/mol. The Morgan fingerprint density at radius 2 is 2.56 bits per heavy atom. The highest BCUT2D eigenvalue weighted by Crippen LogP contribution is 1.97. The molecule has 0 unspecified atom stereocenters. The first-order valence-electron chi connectivity index (χ1n) is 3.05. The van der Waals surface area contributed by atoms with Gasteiger partial charge in [-0.25, -0.2) is 4.99 Å². The van der Waals surface area contributed by atoms with E-state index in [9.17, 15) is 0 Å². The van der Waals surface area contributed by atoms with Crippen molar-refractivity contribution < 1.29 is 0 Å². The molecule has 0 aromatic carbocycles. The summed E-state index contributed by atoms with van der Waals surface area (Å²) in [5.41, 5.74) is 0. The molecule has 9 heavy (non-hydrogen) atoms. The summed E-state index contributed by atoms with van der Waals surface area (Å²) in [6, 6.07) is 0. The second-order valence-electron chi connectivity index (χ2n) is 1.72. The number of aliphatic imine (C=N–C) groups is 1. The van der Waals surface area contributed by atoms with E-state index in [0.717, 1.165) is 18.8 Å². The van der Waals surface area contributed by atoms with E-state index in [2.05, 4.69) is 16.2 Å². The van der Waals surface area contributed by atoms with Crippen LogP contribution >= 0.6 is 11.8 Å². The molecule has 0 aromatic heterocycles. The van der Waals surface area contributed by atoms with Crippen LogP contribution in [-0.2, 0) is 0 Å². The van der Waals surface area contributed by atoms with E-state index in [1.165, 1.54) is 5.75 Å². The van der Waals surface area contributed by atoms with E-state index >= 15 is 0 Å². The van der Waals surface area contributed by atoms with Crippen molar-refractivity contribution >= 4 is 17.6 Å². The summed E-state index contributed by atoms with van der Waals surface area (Å²) >= 11 is 1.93. The number of nitrogens with zero attached hydrogens (tertiary/aromatic N) is 1. The monoisotopic (exact) mass is 142 g/mol. The van der Waals surface area contributed by atoms with Gasteiger partial charge < -0.3 is 5.32 Å². The van der Waals surface area contributed by atoms with Crippen LogP contribution in [0.15, 0.2) is 11.2 Å². The highest BCUT2D eigenvalue weighted by Gasteiger charge is 1.87. The van der Waals surface area contributed by atoms with Crippen molar-refractivity contribution in [3.63, 3.8) is 0 Å². The van der Waals surface area contributed by atoms with Gasteiger partial charge in [-0.1, -0.05) is 0 Å². The molecule has 0 amide bonds. The summed E-state index contributed by atoms with van der Waals surface area (Å²) in [5, 5.41) is 3.08. The van der Waals surface area contributed by atoms with Crippen molar-refractivity contribution in [2.45, 2.75) is 0 Å². The minimum absolute atomic E-state index is 0.906. The standard InChI is InChI=1S/C6H10N2S/c1-2-8-4-6-9-5-3-7-1/h1,7H,3-6H2. The van der Waals surface area contributed by atoms with Gasteiger partial charge in [0.2, 0.25) is 0 Å². The molecule has 0 aliphatic carbocycles. The summed E-state index contributed by atoms with van der Waals surface area (Å²) in [6.07, 6.45) is 1.78. The zero-order valence-electron chi connectivity index (χ0n) is 5.26. The molecular weight excluding hydrogens is 132 g/mol. The third-order valence-electron chi connectivity index (χ3n) is 0.996. The molecule has 50 valence electrons. The lowest BCUT2D eigenvalue weighted by molar-refractivity contribution is 0.938. The van der Waals surface area contributed by atoms with Gasteiger partial charge in [-0.3, -0.25) is 0 Å². The third kappa shape index (κ3) is 3.22. The van der Waals surface area contributed by atoms with E-state index in [4.69, 9.17) is 0 Å². The summed E-state index contributed by atoms with van der Waals surface area (Å²) in [7, 11) is 0. The maximum atomic E-state index is 4.00.